The van der Waals surface area contributed by atoms with Crippen LogP contribution in [0.2, 0.25) is 0 Å². The third-order valence-corrected chi connectivity index (χ3v) is 4.97. The number of carbonyl (C=O) groups is 1. The molecule has 126 valence electrons. The molecule has 1 aromatic rings. The number of halogens is 1. The van der Waals surface area contributed by atoms with Crippen LogP contribution in [0.25, 0.3) is 0 Å². The van der Waals surface area contributed by atoms with E-state index in [0.717, 1.165) is 6.42 Å². The number of rotatable bonds is 10. The Balaban J connectivity index is 2.49. The average molecular weight is 358 g/mol. The smallest absolute Gasteiger partial charge is 0.283 e. The molecular formula is C15H20FN2O3PS. The number of nitriles is 1. The summed E-state index contributed by atoms with van der Waals surface area (Å²) >= 11 is 1.19. The van der Waals surface area contributed by atoms with Crippen molar-refractivity contribution in [2.75, 3.05) is 19.4 Å². The third kappa shape index (κ3) is 7.76. The largest absolute Gasteiger partial charge is 0.444 e. The maximum absolute atomic E-state index is 13.9. The van der Waals surface area contributed by atoms with Gasteiger partial charge in [-0.15, -0.1) is 0 Å². The second-order valence-electron chi connectivity index (χ2n) is 4.44. The van der Waals surface area contributed by atoms with Gasteiger partial charge in [0.05, 0.1) is 18.2 Å². The van der Waals surface area contributed by atoms with Gasteiger partial charge in [-0.3, -0.25) is 10.1 Å². The van der Waals surface area contributed by atoms with Gasteiger partial charge >= 0.3 is 0 Å². The number of thioether (sulfide) groups is 1. The zero-order valence-corrected chi connectivity index (χ0v) is 14.8. The van der Waals surface area contributed by atoms with E-state index >= 15 is 0 Å². The van der Waals surface area contributed by atoms with E-state index in [1.807, 2.05) is 13.0 Å². The summed E-state index contributed by atoms with van der Waals surface area (Å²) in [7, 11) is -0.359. The normalized spacial score (nSPS) is 13.1. The Morgan fingerprint density at radius 3 is 2.74 bits per heavy atom. The van der Waals surface area contributed by atoms with Crippen LogP contribution in [0, 0.1) is 11.3 Å². The van der Waals surface area contributed by atoms with Crippen molar-refractivity contribution in [2.24, 2.45) is 0 Å². The van der Waals surface area contributed by atoms with E-state index in [0.29, 0.717) is 23.5 Å². The van der Waals surface area contributed by atoms with E-state index in [1.165, 1.54) is 18.8 Å². The van der Waals surface area contributed by atoms with Crippen LogP contribution in [0.4, 0.5) is 4.39 Å². The van der Waals surface area contributed by atoms with Crippen molar-refractivity contribution >= 4 is 25.3 Å². The van der Waals surface area contributed by atoms with Crippen molar-refractivity contribution < 1.29 is 18.2 Å². The van der Waals surface area contributed by atoms with Gasteiger partial charge in [0, 0.05) is 12.2 Å². The van der Waals surface area contributed by atoms with Gasteiger partial charge in [0.15, 0.2) is 5.12 Å². The summed E-state index contributed by atoms with van der Waals surface area (Å²) in [6, 6.07) is 6.93. The highest BCUT2D eigenvalue weighted by Gasteiger charge is 2.24. The van der Waals surface area contributed by atoms with Crippen LogP contribution in [0.15, 0.2) is 24.3 Å². The summed E-state index contributed by atoms with van der Waals surface area (Å²) in [5.74, 6) is 0.896. The van der Waals surface area contributed by atoms with Gasteiger partial charge in [-0.05, 0) is 37.7 Å². The molecule has 0 aliphatic rings. The topological polar surface area (TPSA) is 71.3 Å². The molecule has 5 nitrogen and oxygen atoms in total. The van der Waals surface area contributed by atoms with Crippen molar-refractivity contribution in [2.45, 2.75) is 25.8 Å². The summed E-state index contributed by atoms with van der Waals surface area (Å²) in [6.07, 6.45) is 1.34. The predicted octanol–water partition coefficient (Wildman–Crippen LogP) is 3.80. The first kappa shape index (κ1) is 19.9. The van der Waals surface area contributed by atoms with Gasteiger partial charge in [0.2, 0.25) is 6.04 Å². The average Bonchev–Trinajstić information content (AvgIpc) is 2.57. The molecule has 0 amide bonds. The summed E-state index contributed by atoms with van der Waals surface area (Å²) in [4.78, 5) is 11.4. The van der Waals surface area contributed by atoms with Crippen LogP contribution in [-0.2, 0) is 9.32 Å². The Bertz CT molecular complexity index is 524. The molecule has 0 saturated heterocycles. The van der Waals surface area contributed by atoms with Gasteiger partial charge < -0.3 is 9.05 Å². The van der Waals surface area contributed by atoms with Gasteiger partial charge in [-0.25, -0.2) is 4.39 Å². The number of hydrogen-bond donors (Lipinski definition) is 1. The zero-order chi connectivity index (χ0) is 17.1. The number of alkyl halides is 1. The molecule has 1 aromatic carbocycles. The van der Waals surface area contributed by atoms with Crippen LogP contribution >= 0.6 is 20.1 Å². The van der Waals surface area contributed by atoms with E-state index in [4.69, 9.17) is 14.3 Å². The lowest BCUT2D eigenvalue weighted by atomic mass is 10.2. The highest BCUT2D eigenvalue weighted by molar-refractivity contribution is 8.13. The quantitative estimate of drug-likeness (QED) is 0.390. The lowest BCUT2D eigenvalue weighted by molar-refractivity contribution is -0.111. The fourth-order valence-corrected chi connectivity index (χ4v) is 3.45. The van der Waals surface area contributed by atoms with Crippen molar-refractivity contribution in [3.63, 3.8) is 0 Å². The second-order valence-corrected chi connectivity index (χ2v) is 7.06. The van der Waals surface area contributed by atoms with Crippen molar-refractivity contribution in [3.8, 4) is 11.8 Å². The van der Waals surface area contributed by atoms with Crippen LogP contribution in [0.3, 0.4) is 0 Å². The molecule has 0 radical (unpaired) electrons. The lowest BCUT2D eigenvalue weighted by Gasteiger charge is -2.20. The maximum atomic E-state index is 13.9. The molecule has 1 rings (SSSR count). The molecule has 0 bridgehead atoms. The second kappa shape index (κ2) is 11.4. The molecule has 0 heterocycles. The fourth-order valence-electron chi connectivity index (χ4n) is 1.50. The molecule has 2 atom stereocenters. The minimum absolute atomic E-state index is 0.110. The molecule has 0 fully saturated rings. The summed E-state index contributed by atoms with van der Waals surface area (Å²) in [5, 5.41) is 11.3. The standard InChI is InChI=1S/C15H20FN2O3PS/c1-3-4-14(19)23-10-9-20-22(15(16)18-2)21-13-7-5-12(11-17)6-8-13/h5-8,15,18H,3-4,9-10H2,1-2H3. The summed E-state index contributed by atoms with van der Waals surface area (Å²) in [5.41, 5.74) is 0.499. The molecular weight excluding hydrogens is 338 g/mol. The Morgan fingerprint density at radius 1 is 1.48 bits per heavy atom. The maximum Gasteiger partial charge on any atom is 0.283 e. The number of carbonyl (C=O) groups excluding carboxylic acids is 1. The van der Waals surface area contributed by atoms with Gasteiger partial charge in [-0.2, -0.15) is 5.26 Å². The van der Waals surface area contributed by atoms with Crippen molar-refractivity contribution in [1.29, 1.82) is 5.26 Å². The number of nitrogens with one attached hydrogen (secondary N) is 1. The zero-order valence-electron chi connectivity index (χ0n) is 13.1. The first-order chi connectivity index (χ1) is 11.1. The Hall–Kier alpha value is -1.19. The molecule has 8 heteroatoms. The van der Waals surface area contributed by atoms with Crippen LogP contribution in [0.5, 0.6) is 5.75 Å². The number of nitrogens with zero attached hydrogens (tertiary/aromatic N) is 1. The lowest BCUT2D eigenvalue weighted by Crippen LogP contribution is -2.21. The molecule has 1 N–H and O–H groups in total. The molecule has 0 spiro atoms. The Morgan fingerprint density at radius 2 is 2.17 bits per heavy atom. The van der Waals surface area contributed by atoms with Gasteiger partial charge in [-0.1, -0.05) is 18.7 Å². The molecule has 2 unspecified atom stereocenters. The predicted molar refractivity (Wildman–Crippen MR) is 91.0 cm³/mol. The van der Waals surface area contributed by atoms with Gasteiger partial charge in [0.1, 0.15) is 5.75 Å². The minimum Gasteiger partial charge on any atom is -0.444 e. The minimum atomic E-state index is -1.84. The highest BCUT2D eigenvalue weighted by atomic mass is 32.2. The molecule has 0 aromatic heterocycles. The first-order valence-corrected chi connectivity index (χ1v) is 9.41. The first-order valence-electron chi connectivity index (χ1n) is 7.18. The van der Waals surface area contributed by atoms with E-state index < -0.39 is 14.4 Å². The Kier molecular flexibility index (Phi) is 9.81. The van der Waals surface area contributed by atoms with Crippen molar-refractivity contribution in [1.82, 2.24) is 5.32 Å². The van der Waals surface area contributed by atoms with Crippen LogP contribution in [0.1, 0.15) is 25.3 Å². The van der Waals surface area contributed by atoms with E-state index in [1.54, 1.807) is 24.3 Å². The summed E-state index contributed by atoms with van der Waals surface area (Å²) in [6.45, 7) is 2.17. The molecule has 23 heavy (non-hydrogen) atoms. The number of benzene rings is 1. The molecule has 0 saturated carbocycles. The van der Waals surface area contributed by atoms with Crippen LogP contribution < -0.4 is 9.84 Å². The van der Waals surface area contributed by atoms with E-state index in [2.05, 4.69) is 5.32 Å². The Labute approximate surface area is 141 Å². The number of hydrogen-bond acceptors (Lipinski definition) is 6. The van der Waals surface area contributed by atoms with Gasteiger partial charge in [0.25, 0.3) is 8.38 Å². The molecule has 0 aliphatic carbocycles. The highest BCUT2D eigenvalue weighted by Crippen LogP contribution is 2.43. The fraction of sp³-hybridized carbons (Fsp3) is 0.467. The van der Waals surface area contributed by atoms with Crippen LogP contribution in [-0.4, -0.2) is 30.6 Å². The van der Waals surface area contributed by atoms with Crippen molar-refractivity contribution in [3.05, 3.63) is 29.8 Å². The van der Waals surface area contributed by atoms with E-state index in [9.17, 15) is 9.18 Å². The SMILES string of the molecule is CCCC(=O)SCCOP(Oc1ccc(C#N)cc1)C(F)NC. The van der Waals surface area contributed by atoms with E-state index in [-0.39, 0.29) is 11.7 Å². The third-order valence-electron chi connectivity index (χ3n) is 2.62. The molecule has 0 aliphatic heterocycles. The monoisotopic (exact) mass is 358 g/mol. The summed E-state index contributed by atoms with van der Waals surface area (Å²) < 4.78 is 24.8.